The number of nitrogens with zero attached hydrogens (tertiary/aromatic N) is 1. The van der Waals surface area contributed by atoms with E-state index < -0.39 is 18.2 Å². The van der Waals surface area contributed by atoms with Crippen molar-refractivity contribution in [2.24, 2.45) is 0 Å². The van der Waals surface area contributed by atoms with Gasteiger partial charge in [-0.3, -0.25) is 0 Å². The minimum Gasteiger partial charge on any atom is -0.452 e. The highest BCUT2D eigenvalue weighted by Crippen LogP contribution is 1.95. The van der Waals surface area contributed by atoms with Crippen molar-refractivity contribution in [3.63, 3.8) is 0 Å². The van der Waals surface area contributed by atoms with Gasteiger partial charge in [0.1, 0.15) is 12.3 Å². The average Bonchev–Trinajstić information content (AvgIpc) is 2.23. The molecule has 1 atom stereocenters. The Morgan fingerprint density at radius 1 is 1.36 bits per heavy atom. The SMILES string of the molecule is COC(=O)NN(C(=O)OC)[C@H](C)C=O. The number of carbonyl (C=O) groups excluding carboxylic acids is 3. The highest BCUT2D eigenvalue weighted by molar-refractivity contribution is 5.77. The summed E-state index contributed by atoms with van der Waals surface area (Å²) in [7, 11) is 2.27. The van der Waals surface area contributed by atoms with Gasteiger partial charge in [-0.1, -0.05) is 0 Å². The molecular weight excluding hydrogens is 192 g/mol. The summed E-state index contributed by atoms with van der Waals surface area (Å²) in [6, 6.07) is -0.832. The third-order valence-corrected chi connectivity index (χ3v) is 1.37. The lowest BCUT2D eigenvalue weighted by molar-refractivity contribution is -0.112. The van der Waals surface area contributed by atoms with E-state index in [-0.39, 0.29) is 0 Å². The van der Waals surface area contributed by atoms with E-state index in [2.05, 4.69) is 9.47 Å². The quantitative estimate of drug-likeness (QED) is 0.502. The van der Waals surface area contributed by atoms with Gasteiger partial charge < -0.3 is 14.3 Å². The molecule has 0 radical (unpaired) electrons. The Morgan fingerprint density at radius 3 is 2.29 bits per heavy atom. The van der Waals surface area contributed by atoms with E-state index in [1.165, 1.54) is 6.92 Å². The lowest BCUT2D eigenvalue weighted by Crippen LogP contribution is -2.51. The molecule has 0 bridgehead atoms. The number of methoxy groups -OCH3 is 2. The summed E-state index contributed by atoms with van der Waals surface area (Å²) in [6.07, 6.45) is -1.23. The zero-order valence-corrected chi connectivity index (χ0v) is 8.14. The normalized spacial score (nSPS) is 11.1. The number of hydrazine groups is 1. The van der Waals surface area contributed by atoms with Crippen LogP contribution >= 0.6 is 0 Å². The average molecular weight is 204 g/mol. The van der Waals surface area contributed by atoms with Gasteiger partial charge in [-0.2, -0.15) is 0 Å². The number of rotatable bonds is 2. The van der Waals surface area contributed by atoms with Crippen LogP contribution in [0.1, 0.15) is 6.92 Å². The van der Waals surface area contributed by atoms with E-state index in [0.717, 1.165) is 19.2 Å². The molecule has 0 aliphatic carbocycles. The molecule has 0 rings (SSSR count). The predicted molar refractivity (Wildman–Crippen MR) is 45.3 cm³/mol. The topological polar surface area (TPSA) is 84.9 Å². The molecule has 0 aromatic heterocycles. The number of aldehydes is 1. The smallest absolute Gasteiger partial charge is 0.429 e. The largest absolute Gasteiger partial charge is 0.452 e. The van der Waals surface area contributed by atoms with Crippen molar-refractivity contribution in [3.05, 3.63) is 0 Å². The van der Waals surface area contributed by atoms with E-state index in [4.69, 9.17) is 0 Å². The van der Waals surface area contributed by atoms with Crippen LogP contribution in [0.5, 0.6) is 0 Å². The summed E-state index contributed by atoms with van der Waals surface area (Å²) in [5.41, 5.74) is 2.03. The monoisotopic (exact) mass is 204 g/mol. The number of nitrogens with one attached hydrogen (secondary N) is 1. The highest BCUT2D eigenvalue weighted by Gasteiger charge is 2.22. The molecule has 14 heavy (non-hydrogen) atoms. The Hall–Kier alpha value is -1.79. The van der Waals surface area contributed by atoms with Crippen LogP contribution in [0.3, 0.4) is 0 Å². The zero-order valence-electron chi connectivity index (χ0n) is 8.14. The number of hydrogen-bond acceptors (Lipinski definition) is 5. The molecule has 0 aliphatic heterocycles. The molecular formula is C7H12N2O5. The fourth-order valence-electron chi connectivity index (χ4n) is 0.617. The Bertz CT molecular complexity index is 230. The summed E-state index contributed by atoms with van der Waals surface area (Å²) < 4.78 is 8.59. The third kappa shape index (κ3) is 3.30. The van der Waals surface area contributed by atoms with Crippen LogP contribution in [-0.2, 0) is 14.3 Å². The molecule has 80 valence electrons. The second kappa shape index (κ2) is 5.79. The summed E-state index contributed by atoms with van der Waals surface area (Å²) >= 11 is 0. The first-order chi connectivity index (χ1) is 6.56. The lowest BCUT2D eigenvalue weighted by Gasteiger charge is -2.23. The Balaban J connectivity index is 4.47. The van der Waals surface area contributed by atoms with Crippen molar-refractivity contribution in [1.82, 2.24) is 10.4 Å². The Kier molecular flexibility index (Phi) is 5.05. The molecule has 7 nitrogen and oxygen atoms in total. The molecule has 7 heteroatoms. The summed E-state index contributed by atoms with van der Waals surface area (Å²) in [5, 5.41) is 0.721. The Labute approximate surface area is 80.9 Å². The van der Waals surface area contributed by atoms with Gasteiger partial charge >= 0.3 is 12.2 Å². The number of amides is 2. The first-order valence-corrected chi connectivity index (χ1v) is 3.73. The van der Waals surface area contributed by atoms with Crippen molar-refractivity contribution in [2.45, 2.75) is 13.0 Å². The second-order valence-corrected chi connectivity index (χ2v) is 2.32. The summed E-state index contributed by atoms with van der Waals surface area (Å²) in [6.45, 7) is 1.42. The van der Waals surface area contributed by atoms with E-state index >= 15 is 0 Å². The van der Waals surface area contributed by atoms with Crippen molar-refractivity contribution >= 4 is 18.5 Å². The van der Waals surface area contributed by atoms with Crippen LogP contribution in [0.25, 0.3) is 0 Å². The maximum Gasteiger partial charge on any atom is 0.429 e. The molecule has 0 saturated heterocycles. The van der Waals surface area contributed by atoms with Crippen LogP contribution in [0.4, 0.5) is 9.59 Å². The summed E-state index contributed by atoms with van der Waals surface area (Å²) in [5.74, 6) is 0. The molecule has 0 heterocycles. The van der Waals surface area contributed by atoms with Gasteiger partial charge in [0.05, 0.1) is 14.2 Å². The van der Waals surface area contributed by atoms with Crippen LogP contribution < -0.4 is 5.43 Å². The number of ether oxygens (including phenoxy) is 2. The maximum absolute atomic E-state index is 11.0. The second-order valence-electron chi connectivity index (χ2n) is 2.32. The van der Waals surface area contributed by atoms with Gasteiger partial charge in [0.2, 0.25) is 0 Å². The third-order valence-electron chi connectivity index (χ3n) is 1.37. The van der Waals surface area contributed by atoms with Crippen LogP contribution in [0.2, 0.25) is 0 Å². The van der Waals surface area contributed by atoms with E-state index in [0.29, 0.717) is 6.29 Å². The van der Waals surface area contributed by atoms with E-state index in [9.17, 15) is 14.4 Å². The fourth-order valence-corrected chi connectivity index (χ4v) is 0.617. The fraction of sp³-hybridized carbons (Fsp3) is 0.571. The highest BCUT2D eigenvalue weighted by atomic mass is 16.6. The molecule has 1 N–H and O–H groups in total. The van der Waals surface area contributed by atoms with Crippen LogP contribution in [0, 0.1) is 0 Å². The molecule has 0 spiro atoms. The first kappa shape index (κ1) is 12.2. The number of carbonyl (C=O) groups is 3. The standard InChI is InChI=1S/C7H12N2O5/c1-5(4-10)9(7(12)14-3)8-6(11)13-2/h4-5H,1-3H3,(H,8,11)/t5-/m1/s1. The molecule has 0 fully saturated rings. The van der Waals surface area contributed by atoms with Crippen molar-refractivity contribution < 1.29 is 23.9 Å². The van der Waals surface area contributed by atoms with Crippen molar-refractivity contribution in [1.29, 1.82) is 0 Å². The zero-order chi connectivity index (χ0) is 11.1. The molecule has 0 saturated carbocycles. The number of hydrogen-bond donors (Lipinski definition) is 1. The van der Waals surface area contributed by atoms with Gasteiger partial charge in [0, 0.05) is 0 Å². The first-order valence-electron chi connectivity index (χ1n) is 3.73. The molecule has 2 amide bonds. The minimum absolute atomic E-state index is 0.479. The van der Waals surface area contributed by atoms with Gasteiger partial charge in [-0.25, -0.2) is 20.0 Å². The van der Waals surface area contributed by atoms with Gasteiger partial charge in [-0.05, 0) is 6.92 Å². The van der Waals surface area contributed by atoms with Gasteiger partial charge in [0.25, 0.3) is 0 Å². The van der Waals surface area contributed by atoms with Crippen molar-refractivity contribution in [3.8, 4) is 0 Å². The minimum atomic E-state index is -0.857. The molecule has 0 unspecified atom stereocenters. The molecule has 0 aromatic carbocycles. The van der Waals surface area contributed by atoms with Crippen LogP contribution in [-0.4, -0.2) is 43.7 Å². The lowest BCUT2D eigenvalue weighted by atomic mass is 10.4. The molecule has 0 aliphatic rings. The summed E-state index contributed by atoms with van der Waals surface area (Å²) in [4.78, 5) is 32.2. The van der Waals surface area contributed by atoms with Gasteiger partial charge in [-0.15, -0.1) is 0 Å². The maximum atomic E-state index is 11.0. The van der Waals surface area contributed by atoms with Crippen molar-refractivity contribution in [2.75, 3.05) is 14.2 Å². The Morgan fingerprint density at radius 2 is 1.93 bits per heavy atom. The predicted octanol–water partition coefficient (Wildman–Crippen LogP) is -0.0868. The van der Waals surface area contributed by atoms with E-state index in [1.807, 2.05) is 5.43 Å². The van der Waals surface area contributed by atoms with Gasteiger partial charge in [0.15, 0.2) is 0 Å². The van der Waals surface area contributed by atoms with E-state index in [1.54, 1.807) is 0 Å². The van der Waals surface area contributed by atoms with Crippen LogP contribution in [0.15, 0.2) is 0 Å². The molecule has 0 aromatic rings.